The Bertz CT molecular complexity index is 55.4. The van der Waals surface area contributed by atoms with Crippen molar-refractivity contribution in [3.63, 3.8) is 0 Å². The lowest BCUT2D eigenvalue weighted by Crippen LogP contribution is -2.09. The van der Waals surface area contributed by atoms with Crippen LogP contribution in [0.5, 0.6) is 0 Å². The van der Waals surface area contributed by atoms with E-state index in [4.69, 9.17) is 5.11 Å². The van der Waals surface area contributed by atoms with Crippen molar-refractivity contribution in [3.8, 4) is 0 Å². The minimum Gasteiger partial charge on any atom is -0.445 e. The number of hydrogen-bond donors (Lipinski definition) is 0. The number of rotatable bonds is 1. The Morgan fingerprint density at radius 3 is 2.12 bits per heavy atom. The molecule has 0 amide bonds. The molecule has 1 saturated carbocycles. The molecule has 1 fully saturated rings. The van der Waals surface area contributed by atoms with Gasteiger partial charge in [-0.15, -0.1) is 0 Å². The third-order valence-corrected chi connectivity index (χ3v) is 2.01. The fourth-order valence-corrected chi connectivity index (χ4v) is 1.39. The lowest BCUT2D eigenvalue weighted by atomic mass is 9.90. The van der Waals surface area contributed by atoms with Gasteiger partial charge in [-0.25, -0.2) is 0 Å². The number of hydrogen-bond acceptors (Lipinski definition) is 0. The molecule has 0 heterocycles. The summed E-state index contributed by atoms with van der Waals surface area (Å²) in [5.74, 6) is 0.753. The molecule has 0 unspecified atom stereocenters. The van der Waals surface area contributed by atoms with Gasteiger partial charge in [-0.05, 0) is 12.8 Å². The van der Waals surface area contributed by atoms with E-state index in [1.165, 1.54) is 32.1 Å². The topological polar surface area (TPSA) is 22.9 Å². The van der Waals surface area contributed by atoms with Gasteiger partial charge in [0.2, 0.25) is 0 Å². The molecule has 0 aromatic rings. The van der Waals surface area contributed by atoms with Gasteiger partial charge in [0.15, 0.2) is 0 Å². The molecule has 1 heteroatoms. The monoisotopic (exact) mass is 115 g/mol. The molecule has 48 valence electrons. The average molecular weight is 115 g/mol. The van der Waals surface area contributed by atoms with Crippen LogP contribution in [0.4, 0.5) is 0 Å². The smallest absolute Gasteiger partial charge is 0.146 e. The summed E-state index contributed by atoms with van der Waals surface area (Å²) >= 11 is 0. The maximum absolute atomic E-state index is 7.10. The molecule has 0 spiro atoms. The fourth-order valence-electron chi connectivity index (χ4n) is 1.39. The molecule has 0 aromatic heterocycles. The predicted molar refractivity (Wildman–Crippen MR) is 35.1 cm³/mol. The van der Waals surface area contributed by atoms with Gasteiger partial charge in [-0.3, -0.25) is 0 Å². The van der Waals surface area contributed by atoms with E-state index in [-0.39, 0.29) is 0 Å². The van der Waals surface area contributed by atoms with Crippen molar-refractivity contribution in [1.29, 1.82) is 0 Å². The van der Waals surface area contributed by atoms with Crippen molar-refractivity contribution in [2.24, 2.45) is 5.92 Å². The maximum Gasteiger partial charge on any atom is 0.146 e. The van der Waals surface area contributed by atoms with Crippen LogP contribution < -0.4 is 0 Å². The molecule has 0 aliphatic heterocycles. The minimum absolute atomic E-state index is 0.667. The highest BCUT2D eigenvalue weighted by molar-refractivity contribution is 4.63. The quantitative estimate of drug-likeness (QED) is 0.460. The highest BCUT2D eigenvalue weighted by Gasteiger charge is 2.13. The van der Waals surface area contributed by atoms with Crippen LogP contribution in [-0.4, -0.2) is 11.7 Å². The fraction of sp³-hybridized carbons (Fsp3) is 1.00. The van der Waals surface area contributed by atoms with E-state index < -0.39 is 0 Å². The first-order chi connectivity index (χ1) is 3.93. The van der Waals surface area contributed by atoms with Gasteiger partial charge in [-0.1, -0.05) is 19.3 Å². The summed E-state index contributed by atoms with van der Waals surface area (Å²) in [5.41, 5.74) is 0. The normalized spacial score (nSPS) is 23.6. The lowest BCUT2D eigenvalue weighted by Gasteiger charge is -2.16. The van der Waals surface area contributed by atoms with E-state index in [0.29, 0.717) is 6.61 Å². The van der Waals surface area contributed by atoms with Crippen molar-refractivity contribution >= 4 is 0 Å². The van der Waals surface area contributed by atoms with Crippen molar-refractivity contribution in [2.45, 2.75) is 32.1 Å². The van der Waals surface area contributed by atoms with Crippen molar-refractivity contribution < 1.29 is 5.11 Å². The van der Waals surface area contributed by atoms with Crippen LogP contribution >= 0.6 is 0 Å². The van der Waals surface area contributed by atoms with Gasteiger partial charge in [0.1, 0.15) is 6.61 Å². The molecule has 1 rings (SSSR count). The third-order valence-electron chi connectivity index (χ3n) is 2.01. The second kappa shape index (κ2) is 3.08. The molecular formula is C7H15O+. The summed E-state index contributed by atoms with van der Waals surface area (Å²) in [6.07, 6.45) is 6.82. The summed E-state index contributed by atoms with van der Waals surface area (Å²) in [6, 6.07) is 0. The summed E-state index contributed by atoms with van der Waals surface area (Å²) in [7, 11) is 0. The molecule has 0 bridgehead atoms. The van der Waals surface area contributed by atoms with Gasteiger partial charge in [0, 0.05) is 5.92 Å². The minimum atomic E-state index is 0.667. The van der Waals surface area contributed by atoms with Crippen molar-refractivity contribution in [3.05, 3.63) is 0 Å². The predicted octanol–water partition coefficient (Wildman–Crippen LogP) is 1.29. The van der Waals surface area contributed by atoms with Gasteiger partial charge in [0.25, 0.3) is 0 Å². The Morgan fingerprint density at radius 1 is 1.12 bits per heavy atom. The second-order valence-electron chi connectivity index (χ2n) is 2.71. The van der Waals surface area contributed by atoms with E-state index in [1.54, 1.807) is 0 Å². The molecule has 8 heavy (non-hydrogen) atoms. The van der Waals surface area contributed by atoms with Gasteiger partial charge >= 0.3 is 0 Å². The zero-order valence-electron chi connectivity index (χ0n) is 5.32. The van der Waals surface area contributed by atoms with Gasteiger partial charge in [-0.2, -0.15) is 0 Å². The van der Waals surface area contributed by atoms with Crippen LogP contribution in [0.25, 0.3) is 0 Å². The average Bonchev–Trinajstić information content (AvgIpc) is 1.90. The molecule has 1 nitrogen and oxygen atoms in total. The van der Waals surface area contributed by atoms with Crippen molar-refractivity contribution in [1.82, 2.24) is 0 Å². The Hall–Kier alpha value is -0.0400. The summed E-state index contributed by atoms with van der Waals surface area (Å²) in [5, 5.41) is 7.10. The van der Waals surface area contributed by atoms with E-state index in [1.807, 2.05) is 0 Å². The highest BCUT2D eigenvalue weighted by atomic mass is 16.3. The first kappa shape index (κ1) is 6.09. The Kier molecular flexibility index (Phi) is 2.34. The first-order valence-corrected chi connectivity index (χ1v) is 3.58. The standard InChI is InChI=1S/C7H14O/c8-6-7-4-2-1-3-5-7/h7-8H,1-6H2/p+1. The largest absolute Gasteiger partial charge is 0.445 e. The molecule has 0 atom stereocenters. The van der Waals surface area contributed by atoms with Crippen LogP contribution in [0.1, 0.15) is 32.1 Å². The van der Waals surface area contributed by atoms with Crippen LogP contribution in [-0.2, 0) is 0 Å². The first-order valence-electron chi connectivity index (χ1n) is 3.58. The van der Waals surface area contributed by atoms with Gasteiger partial charge < -0.3 is 5.11 Å². The summed E-state index contributed by atoms with van der Waals surface area (Å²) < 4.78 is 0. The highest BCUT2D eigenvalue weighted by Crippen LogP contribution is 2.22. The SMILES string of the molecule is [OH2+]CC1CCCCC1. The van der Waals surface area contributed by atoms with Crippen LogP contribution in [0, 0.1) is 5.92 Å². The zero-order chi connectivity index (χ0) is 5.82. The molecule has 1 aliphatic rings. The lowest BCUT2D eigenvalue weighted by molar-refractivity contribution is 0.190. The summed E-state index contributed by atoms with van der Waals surface area (Å²) in [4.78, 5) is 0. The zero-order valence-corrected chi connectivity index (χ0v) is 5.32. The van der Waals surface area contributed by atoms with Crippen LogP contribution in [0.3, 0.4) is 0 Å². The molecule has 0 aromatic carbocycles. The maximum atomic E-state index is 7.10. The molecular weight excluding hydrogens is 100 g/mol. The molecule has 0 saturated heterocycles. The van der Waals surface area contributed by atoms with Crippen molar-refractivity contribution in [2.75, 3.05) is 6.61 Å². The Balaban J connectivity index is 2.13. The molecule has 2 N–H and O–H groups in total. The Labute approximate surface area is 50.7 Å². The van der Waals surface area contributed by atoms with Crippen LogP contribution in [0.15, 0.2) is 0 Å². The van der Waals surface area contributed by atoms with E-state index >= 15 is 0 Å². The summed E-state index contributed by atoms with van der Waals surface area (Å²) in [6.45, 7) is 0.667. The van der Waals surface area contributed by atoms with Gasteiger partial charge in [0.05, 0.1) is 0 Å². The van der Waals surface area contributed by atoms with E-state index in [0.717, 1.165) is 5.92 Å². The molecule has 1 aliphatic carbocycles. The molecule has 0 radical (unpaired) electrons. The Morgan fingerprint density at radius 2 is 1.75 bits per heavy atom. The second-order valence-corrected chi connectivity index (χ2v) is 2.71. The third kappa shape index (κ3) is 1.48. The van der Waals surface area contributed by atoms with Crippen LogP contribution in [0.2, 0.25) is 0 Å². The van der Waals surface area contributed by atoms with E-state index in [9.17, 15) is 0 Å². The van der Waals surface area contributed by atoms with E-state index in [2.05, 4.69) is 0 Å².